The minimum absolute atomic E-state index is 0.0762. The predicted molar refractivity (Wildman–Crippen MR) is 71.3 cm³/mol. The van der Waals surface area contributed by atoms with Crippen molar-refractivity contribution in [2.24, 2.45) is 0 Å². The number of nitrogens with zero attached hydrogens (tertiary/aromatic N) is 2. The molecule has 0 aliphatic carbocycles. The normalized spacial score (nSPS) is 12.7. The van der Waals surface area contributed by atoms with Crippen LogP contribution >= 0.6 is 22.9 Å². The first-order chi connectivity index (χ1) is 8.56. The molecular formula is C12H13ClFN3S. The third-order valence-electron chi connectivity index (χ3n) is 2.57. The van der Waals surface area contributed by atoms with Crippen LogP contribution in [0.15, 0.2) is 18.2 Å². The second-order valence-corrected chi connectivity index (χ2v) is 5.66. The molecule has 0 bridgehead atoms. The maximum atomic E-state index is 13.0. The van der Waals surface area contributed by atoms with Crippen LogP contribution in [0.25, 0.3) is 0 Å². The number of aromatic nitrogens is 2. The standard InChI is InChI=1S/C12H13ClFN3S/c1-7(9-3-4-11(14)10(13)5-9)15-6-12-17-16-8(2)18-12/h3-5,7,15H,6H2,1-2H3/t7-/m1/s1. The van der Waals surface area contributed by atoms with Crippen LogP contribution in [0.2, 0.25) is 5.02 Å². The molecule has 0 spiro atoms. The molecule has 0 fully saturated rings. The number of aryl methyl sites for hydroxylation is 1. The predicted octanol–water partition coefficient (Wildman–Crippen LogP) is 3.49. The summed E-state index contributed by atoms with van der Waals surface area (Å²) in [6.45, 7) is 4.56. The average molecular weight is 286 g/mol. The highest BCUT2D eigenvalue weighted by atomic mass is 35.5. The van der Waals surface area contributed by atoms with Gasteiger partial charge in [-0.1, -0.05) is 17.7 Å². The molecule has 1 N–H and O–H groups in total. The van der Waals surface area contributed by atoms with Gasteiger partial charge < -0.3 is 5.32 Å². The molecular weight excluding hydrogens is 273 g/mol. The lowest BCUT2D eigenvalue weighted by Gasteiger charge is -2.13. The molecule has 0 amide bonds. The maximum absolute atomic E-state index is 13.0. The Bertz CT molecular complexity index is 544. The zero-order valence-electron chi connectivity index (χ0n) is 10.1. The van der Waals surface area contributed by atoms with Gasteiger partial charge >= 0.3 is 0 Å². The van der Waals surface area contributed by atoms with Crippen LogP contribution < -0.4 is 5.32 Å². The second-order valence-electron chi connectivity index (χ2n) is 3.99. The van der Waals surface area contributed by atoms with Crippen molar-refractivity contribution < 1.29 is 4.39 Å². The largest absolute Gasteiger partial charge is 0.304 e. The first-order valence-corrected chi connectivity index (χ1v) is 6.73. The van der Waals surface area contributed by atoms with E-state index in [1.165, 1.54) is 6.07 Å². The molecule has 3 nitrogen and oxygen atoms in total. The number of rotatable bonds is 4. The van der Waals surface area contributed by atoms with E-state index in [2.05, 4.69) is 15.5 Å². The number of hydrogen-bond donors (Lipinski definition) is 1. The Morgan fingerprint density at radius 2 is 2.22 bits per heavy atom. The van der Waals surface area contributed by atoms with E-state index >= 15 is 0 Å². The number of hydrogen-bond acceptors (Lipinski definition) is 4. The average Bonchev–Trinajstić information content (AvgIpc) is 2.75. The van der Waals surface area contributed by atoms with Crippen molar-refractivity contribution in [2.45, 2.75) is 26.4 Å². The van der Waals surface area contributed by atoms with Crippen LogP contribution in [0.1, 0.15) is 28.5 Å². The summed E-state index contributed by atoms with van der Waals surface area (Å²) >= 11 is 7.32. The van der Waals surface area contributed by atoms with Crippen molar-refractivity contribution >= 4 is 22.9 Å². The molecule has 96 valence electrons. The Hall–Kier alpha value is -1.04. The topological polar surface area (TPSA) is 37.8 Å². The monoisotopic (exact) mass is 285 g/mol. The van der Waals surface area contributed by atoms with E-state index in [9.17, 15) is 4.39 Å². The SMILES string of the molecule is Cc1nnc(CN[C@H](C)c2ccc(F)c(Cl)c2)s1. The molecule has 2 aromatic rings. The molecule has 1 aromatic carbocycles. The van der Waals surface area contributed by atoms with Gasteiger partial charge in [0.2, 0.25) is 0 Å². The highest BCUT2D eigenvalue weighted by Gasteiger charge is 2.09. The Kier molecular flexibility index (Phi) is 4.27. The molecule has 6 heteroatoms. The summed E-state index contributed by atoms with van der Waals surface area (Å²) in [7, 11) is 0. The van der Waals surface area contributed by atoms with Gasteiger partial charge in [-0.15, -0.1) is 21.5 Å². The summed E-state index contributed by atoms with van der Waals surface area (Å²) in [5.41, 5.74) is 0.947. The van der Waals surface area contributed by atoms with Crippen LogP contribution in [0, 0.1) is 12.7 Å². The van der Waals surface area contributed by atoms with Crippen molar-refractivity contribution in [1.29, 1.82) is 0 Å². The molecule has 0 saturated carbocycles. The summed E-state index contributed by atoms with van der Waals surface area (Å²) < 4.78 is 13.0. The van der Waals surface area contributed by atoms with Gasteiger partial charge in [-0.25, -0.2) is 4.39 Å². The third kappa shape index (κ3) is 3.25. The molecule has 0 radical (unpaired) electrons. The lowest BCUT2D eigenvalue weighted by molar-refractivity contribution is 0.567. The smallest absolute Gasteiger partial charge is 0.141 e. The number of nitrogens with one attached hydrogen (secondary N) is 1. The van der Waals surface area contributed by atoms with E-state index in [0.29, 0.717) is 6.54 Å². The van der Waals surface area contributed by atoms with Crippen molar-refractivity contribution in [3.63, 3.8) is 0 Å². The van der Waals surface area contributed by atoms with Crippen molar-refractivity contribution in [3.05, 3.63) is 44.6 Å². The van der Waals surface area contributed by atoms with Gasteiger partial charge in [0.15, 0.2) is 0 Å². The van der Waals surface area contributed by atoms with E-state index in [1.807, 2.05) is 13.8 Å². The lowest BCUT2D eigenvalue weighted by atomic mass is 10.1. The molecule has 0 saturated heterocycles. The molecule has 1 atom stereocenters. The van der Waals surface area contributed by atoms with E-state index in [0.717, 1.165) is 15.6 Å². The summed E-state index contributed by atoms with van der Waals surface area (Å²) in [6.07, 6.45) is 0. The van der Waals surface area contributed by atoms with Crippen LogP contribution in [0.3, 0.4) is 0 Å². The fourth-order valence-electron chi connectivity index (χ4n) is 1.55. The Labute approximate surface area is 114 Å². The number of benzene rings is 1. The van der Waals surface area contributed by atoms with Crippen molar-refractivity contribution in [2.75, 3.05) is 0 Å². The molecule has 2 rings (SSSR count). The minimum Gasteiger partial charge on any atom is -0.304 e. The molecule has 1 heterocycles. The zero-order valence-corrected chi connectivity index (χ0v) is 11.6. The Balaban J connectivity index is 1.99. The quantitative estimate of drug-likeness (QED) is 0.934. The van der Waals surface area contributed by atoms with Gasteiger partial charge in [-0.2, -0.15) is 0 Å². The van der Waals surface area contributed by atoms with Crippen molar-refractivity contribution in [3.8, 4) is 0 Å². The summed E-state index contributed by atoms with van der Waals surface area (Å²) in [5.74, 6) is -0.396. The van der Waals surface area contributed by atoms with Gasteiger partial charge in [0.1, 0.15) is 15.8 Å². The molecule has 0 aliphatic rings. The van der Waals surface area contributed by atoms with Gasteiger partial charge in [-0.3, -0.25) is 0 Å². The van der Waals surface area contributed by atoms with Crippen LogP contribution in [0.4, 0.5) is 4.39 Å². The first-order valence-electron chi connectivity index (χ1n) is 5.53. The first kappa shape index (κ1) is 13.4. The van der Waals surface area contributed by atoms with Gasteiger partial charge in [0, 0.05) is 6.04 Å². The fourth-order valence-corrected chi connectivity index (χ4v) is 2.40. The summed E-state index contributed by atoms with van der Waals surface area (Å²) in [4.78, 5) is 0. The van der Waals surface area contributed by atoms with Crippen LogP contribution in [-0.4, -0.2) is 10.2 Å². The minimum atomic E-state index is -0.396. The summed E-state index contributed by atoms with van der Waals surface area (Å²) in [6, 6.07) is 4.82. The molecule has 1 aromatic heterocycles. The van der Waals surface area contributed by atoms with Crippen LogP contribution in [0.5, 0.6) is 0 Å². The van der Waals surface area contributed by atoms with E-state index in [-0.39, 0.29) is 11.1 Å². The second kappa shape index (κ2) is 5.73. The highest BCUT2D eigenvalue weighted by molar-refractivity contribution is 7.11. The third-order valence-corrected chi connectivity index (χ3v) is 3.70. The molecule has 0 unspecified atom stereocenters. The fraction of sp³-hybridized carbons (Fsp3) is 0.333. The van der Waals surface area contributed by atoms with E-state index < -0.39 is 5.82 Å². The Morgan fingerprint density at radius 3 is 2.83 bits per heavy atom. The maximum Gasteiger partial charge on any atom is 0.141 e. The van der Waals surface area contributed by atoms with Crippen molar-refractivity contribution in [1.82, 2.24) is 15.5 Å². The summed E-state index contributed by atoms with van der Waals surface area (Å²) in [5, 5.41) is 13.3. The number of halogens is 2. The van der Waals surface area contributed by atoms with E-state index in [4.69, 9.17) is 11.6 Å². The van der Waals surface area contributed by atoms with Gasteiger partial charge in [0.05, 0.1) is 11.6 Å². The Morgan fingerprint density at radius 1 is 1.44 bits per heavy atom. The van der Waals surface area contributed by atoms with Crippen LogP contribution in [-0.2, 0) is 6.54 Å². The zero-order chi connectivity index (χ0) is 13.1. The highest BCUT2D eigenvalue weighted by Crippen LogP contribution is 2.21. The molecule has 18 heavy (non-hydrogen) atoms. The lowest BCUT2D eigenvalue weighted by Crippen LogP contribution is -2.18. The van der Waals surface area contributed by atoms with E-state index in [1.54, 1.807) is 23.5 Å². The molecule has 0 aliphatic heterocycles. The van der Waals surface area contributed by atoms with Gasteiger partial charge in [0.25, 0.3) is 0 Å². The van der Waals surface area contributed by atoms with Gasteiger partial charge in [-0.05, 0) is 31.5 Å².